The first kappa shape index (κ1) is 12.5. The standard InChI is InChI=1S/C16H25N/c1-11-6-5-7-15(10-11)17-16-13(3)8-12(2)9-14(16)4/h8-9,11,15,17H,5-7,10H2,1-4H3. The first-order valence-electron chi connectivity index (χ1n) is 6.90. The Labute approximate surface area is 106 Å². The number of anilines is 1. The summed E-state index contributed by atoms with van der Waals surface area (Å²) in [5.41, 5.74) is 5.51. The van der Waals surface area contributed by atoms with Crippen LogP contribution in [0.3, 0.4) is 0 Å². The topological polar surface area (TPSA) is 12.0 Å². The molecule has 1 heteroatoms. The highest BCUT2D eigenvalue weighted by atomic mass is 14.9. The van der Waals surface area contributed by atoms with Crippen LogP contribution >= 0.6 is 0 Å². The molecule has 2 atom stereocenters. The molecule has 0 saturated heterocycles. The van der Waals surface area contributed by atoms with Gasteiger partial charge in [-0.2, -0.15) is 0 Å². The lowest BCUT2D eigenvalue weighted by atomic mass is 9.86. The van der Waals surface area contributed by atoms with Crippen LogP contribution in [0.4, 0.5) is 5.69 Å². The maximum Gasteiger partial charge on any atom is 0.0401 e. The van der Waals surface area contributed by atoms with Crippen molar-refractivity contribution in [2.45, 2.75) is 59.4 Å². The highest BCUT2D eigenvalue weighted by molar-refractivity contribution is 5.58. The third-order valence-corrected chi connectivity index (χ3v) is 3.96. The second kappa shape index (κ2) is 5.12. The fraction of sp³-hybridized carbons (Fsp3) is 0.625. The Bertz CT molecular complexity index is 372. The lowest BCUT2D eigenvalue weighted by Gasteiger charge is -2.29. The molecule has 1 aliphatic carbocycles. The smallest absolute Gasteiger partial charge is 0.0401 e. The summed E-state index contributed by atoms with van der Waals surface area (Å²) in [5.74, 6) is 0.882. The SMILES string of the molecule is Cc1cc(C)c(NC2CCCC(C)C2)c(C)c1. The highest BCUT2D eigenvalue weighted by Crippen LogP contribution is 2.29. The molecule has 1 aromatic rings. The van der Waals surface area contributed by atoms with Crippen molar-refractivity contribution in [3.63, 3.8) is 0 Å². The predicted molar refractivity (Wildman–Crippen MR) is 75.7 cm³/mol. The van der Waals surface area contributed by atoms with Crippen LogP contribution < -0.4 is 5.32 Å². The van der Waals surface area contributed by atoms with Gasteiger partial charge in [-0.1, -0.05) is 37.5 Å². The molecule has 2 unspecified atom stereocenters. The zero-order chi connectivity index (χ0) is 12.4. The van der Waals surface area contributed by atoms with E-state index in [2.05, 4.69) is 45.1 Å². The Morgan fingerprint density at radius 3 is 2.29 bits per heavy atom. The van der Waals surface area contributed by atoms with Gasteiger partial charge < -0.3 is 5.32 Å². The highest BCUT2D eigenvalue weighted by Gasteiger charge is 2.19. The van der Waals surface area contributed by atoms with Crippen molar-refractivity contribution in [2.75, 3.05) is 5.32 Å². The summed E-state index contributed by atoms with van der Waals surface area (Å²) in [6, 6.07) is 5.24. The van der Waals surface area contributed by atoms with E-state index in [9.17, 15) is 0 Å². The maximum atomic E-state index is 3.78. The third-order valence-electron chi connectivity index (χ3n) is 3.96. The zero-order valence-electron chi connectivity index (χ0n) is 11.6. The van der Waals surface area contributed by atoms with Gasteiger partial charge in [-0.15, -0.1) is 0 Å². The van der Waals surface area contributed by atoms with Gasteiger partial charge in [-0.05, 0) is 50.7 Å². The molecule has 0 heterocycles. The molecule has 0 radical (unpaired) electrons. The molecule has 1 fully saturated rings. The minimum Gasteiger partial charge on any atom is -0.382 e. The lowest BCUT2D eigenvalue weighted by Crippen LogP contribution is -2.26. The molecule has 1 nitrogen and oxygen atoms in total. The van der Waals surface area contributed by atoms with Crippen LogP contribution in [0, 0.1) is 26.7 Å². The normalized spacial score (nSPS) is 24.7. The monoisotopic (exact) mass is 231 g/mol. The molecule has 0 aliphatic heterocycles. The van der Waals surface area contributed by atoms with Gasteiger partial charge in [-0.3, -0.25) is 0 Å². The number of benzene rings is 1. The van der Waals surface area contributed by atoms with E-state index in [-0.39, 0.29) is 0 Å². The molecule has 1 aliphatic rings. The first-order valence-corrected chi connectivity index (χ1v) is 6.90. The molecular formula is C16H25N. The third kappa shape index (κ3) is 3.02. The second-order valence-electron chi connectivity index (χ2n) is 5.89. The Hall–Kier alpha value is -0.980. The molecule has 1 saturated carbocycles. The van der Waals surface area contributed by atoms with E-state index < -0.39 is 0 Å². The van der Waals surface area contributed by atoms with Crippen LogP contribution in [0.5, 0.6) is 0 Å². The second-order valence-corrected chi connectivity index (χ2v) is 5.89. The summed E-state index contributed by atoms with van der Waals surface area (Å²) < 4.78 is 0. The van der Waals surface area contributed by atoms with E-state index in [1.165, 1.54) is 48.1 Å². The summed E-state index contributed by atoms with van der Waals surface area (Å²) in [7, 11) is 0. The number of hydrogen-bond acceptors (Lipinski definition) is 1. The molecule has 1 aromatic carbocycles. The fourth-order valence-electron chi connectivity index (χ4n) is 3.18. The van der Waals surface area contributed by atoms with Crippen molar-refractivity contribution in [3.8, 4) is 0 Å². The Balaban J connectivity index is 2.12. The van der Waals surface area contributed by atoms with E-state index in [4.69, 9.17) is 0 Å². The molecule has 1 N–H and O–H groups in total. The quantitative estimate of drug-likeness (QED) is 0.784. The van der Waals surface area contributed by atoms with Gasteiger partial charge in [0, 0.05) is 11.7 Å². The summed E-state index contributed by atoms with van der Waals surface area (Å²) in [4.78, 5) is 0. The number of aryl methyl sites for hydroxylation is 3. The zero-order valence-corrected chi connectivity index (χ0v) is 11.6. The minimum absolute atomic E-state index is 0.679. The van der Waals surface area contributed by atoms with Gasteiger partial charge >= 0.3 is 0 Å². The molecule has 94 valence electrons. The van der Waals surface area contributed by atoms with Crippen LogP contribution in [0.1, 0.15) is 49.3 Å². The van der Waals surface area contributed by atoms with E-state index in [0.717, 1.165) is 5.92 Å². The van der Waals surface area contributed by atoms with Crippen molar-refractivity contribution in [2.24, 2.45) is 5.92 Å². The Morgan fingerprint density at radius 2 is 1.71 bits per heavy atom. The van der Waals surface area contributed by atoms with Gasteiger partial charge in [0.2, 0.25) is 0 Å². The molecule has 0 spiro atoms. The van der Waals surface area contributed by atoms with E-state index >= 15 is 0 Å². The van der Waals surface area contributed by atoms with Gasteiger partial charge in [0.25, 0.3) is 0 Å². The van der Waals surface area contributed by atoms with Crippen LogP contribution in [0.2, 0.25) is 0 Å². The Morgan fingerprint density at radius 1 is 1.06 bits per heavy atom. The number of hydrogen-bond donors (Lipinski definition) is 1. The first-order chi connectivity index (χ1) is 8.06. The molecule has 0 bridgehead atoms. The summed E-state index contributed by atoms with van der Waals surface area (Å²) in [5, 5.41) is 3.78. The van der Waals surface area contributed by atoms with Crippen LogP contribution in [-0.4, -0.2) is 6.04 Å². The minimum atomic E-state index is 0.679. The summed E-state index contributed by atoms with van der Waals surface area (Å²) in [6.07, 6.45) is 5.44. The van der Waals surface area contributed by atoms with Crippen molar-refractivity contribution in [1.82, 2.24) is 0 Å². The molecular weight excluding hydrogens is 206 g/mol. The van der Waals surface area contributed by atoms with Crippen molar-refractivity contribution in [3.05, 3.63) is 28.8 Å². The molecule has 0 aromatic heterocycles. The predicted octanol–water partition coefficient (Wildman–Crippen LogP) is 4.60. The van der Waals surface area contributed by atoms with Gasteiger partial charge in [0.05, 0.1) is 0 Å². The summed E-state index contributed by atoms with van der Waals surface area (Å²) in [6.45, 7) is 8.98. The molecule has 0 amide bonds. The van der Waals surface area contributed by atoms with Gasteiger partial charge in [0.15, 0.2) is 0 Å². The fourth-order valence-corrected chi connectivity index (χ4v) is 3.18. The van der Waals surface area contributed by atoms with Gasteiger partial charge in [-0.25, -0.2) is 0 Å². The van der Waals surface area contributed by atoms with E-state index in [1.54, 1.807) is 0 Å². The average molecular weight is 231 g/mol. The lowest BCUT2D eigenvalue weighted by molar-refractivity contribution is 0.358. The maximum absolute atomic E-state index is 3.78. The van der Waals surface area contributed by atoms with Crippen molar-refractivity contribution in [1.29, 1.82) is 0 Å². The molecule has 17 heavy (non-hydrogen) atoms. The Kier molecular flexibility index (Phi) is 3.76. The van der Waals surface area contributed by atoms with Gasteiger partial charge in [0.1, 0.15) is 0 Å². The largest absolute Gasteiger partial charge is 0.382 e. The molecule has 2 rings (SSSR count). The summed E-state index contributed by atoms with van der Waals surface area (Å²) >= 11 is 0. The van der Waals surface area contributed by atoms with Crippen LogP contribution in [-0.2, 0) is 0 Å². The van der Waals surface area contributed by atoms with Crippen molar-refractivity contribution < 1.29 is 0 Å². The van der Waals surface area contributed by atoms with E-state index in [0.29, 0.717) is 6.04 Å². The van der Waals surface area contributed by atoms with Crippen LogP contribution in [0.15, 0.2) is 12.1 Å². The number of rotatable bonds is 2. The van der Waals surface area contributed by atoms with E-state index in [1.807, 2.05) is 0 Å². The number of nitrogens with one attached hydrogen (secondary N) is 1. The average Bonchev–Trinajstić information content (AvgIpc) is 2.23. The van der Waals surface area contributed by atoms with Crippen LogP contribution in [0.25, 0.3) is 0 Å². The van der Waals surface area contributed by atoms with Crippen molar-refractivity contribution >= 4 is 5.69 Å².